The Balaban J connectivity index is 2.20. The summed E-state index contributed by atoms with van der Waals surface area (Å²) in [5, 5.41) is 15.1. The van der Waals surface area contributed by atoms with Crippen molar-refractivity contribution < 1.29 is 9.90 Å². The first-order valence-electron chi connectivity index (χ1n) is 8.15. The van der Waals surface area contributed by atoms with E-state index in [2.05, 4.69) is 5.10 Å². The van der Waals surface area contributed by atoms with Crippen LogP contribution in [0, 0.1) is 13.8 Å². The number of aliphatic hydroxyl groups excluding tert-OH is 1. The molecule has 0 radical (unpaired) electrons. The highest BCUT2D eigenvalue weighted by atomic mass is 35.5. The number of hydrogen-bond acceptors (Lipinski definition) is 3. The number of halogens is 1. The third-order valence-electron chi connectivity index (χ3n) is 4.10. The summed E-state index contributed by atoms with van der Waals surface area (Å²) >= 11 is 6.29. The van der Waals surface area contributed by atoms with E-state index in [1.165, 1.54) is 0 Å². The van der Waals surface area contributed by atoms with Crippen molar-refractivity contribution in [2.45, 2.75) is 40.3 Å². The standard InChI is InChI=1S/C18H24ClN3O2/c1-5-21(11-15(23)14-9-7-12(3)8-10-14)18(24)16-13(4)20-22(6-2)17(16)19/h7-10,15,23H,5-6,11H2,1-4H3. The molecular formula is C18H24ClN3O2. The van der Waals surface area contributed by atoms with E-state index in [1.54, 1.807) is 16.5 Å². The maximum absolute atomic E-state index is 12.8. The molecule has 1 heterocycles. The fourth-order valence-electron chi connectivity index (χ4n) is 2.62. The Morgan fingerprint density at radius 1 is 1.29 bits per heavy atom. The van der Waals surface area contributed by atoms with E-state index in [9.17, 15) is 9.90 Å². The quantitative estimate of drug-likeness (QED) is 0.869. The molecule has 1 N–H and O–H groups in total. The van der Waals surface area contributed by atoms with Gasteiger partial charge in [0.2, 0.25) is 0 Å². The molecule has 0 spiro atoms. The fourth-order valence-corrected chi connectivity index (χ4v) is 3.00. The maximum atomic E-state index is 12.8. The van der Waals surface area contributed by atoms with Crippen LogP contribution >= 0.6 is 11.6 Å². The molecule has 0 saturated carbocycles. The molecule has 1 atom stereocenters. The van der Waals surface area contributed by atoms with E-state index >= 15 is 0 Å². The fraction of sp³-hybridized carbons (Fsp3) is 0.444. The van der Waals surface area contributed by atoms with Crippen LogP contribution in [0.5, 0.6) is 0 Å². The monoisotopic (exact) mass is 349 g/mol. The van der Waals surface area contributed by atoms with Crippen LogP contribution in [0.1, 0.15) is 47.1 Å². The zero-order valence-corrected chi connectivity index (χ0v) is 15.3. The van der Waals surface area contributed by atoms with Crippen molar-refractivity contribution in [3.8, 4) is 0 Å². The van der Waals surface area contributed by atoms with E-state index in [1.807, 2.05) is 45.0 Å². The van der Waals surface area contributed by atoms with Gasteiger partial charge in [-0.3, -0.25) is 9.48 Å². The van der Waals surface area contributed by atoms with Gasteiger partial charge in [-0.15, -0.1) is 0 Å². The highest BCUT2D eigenvalue weighted by Gasteiger charge is 2.25. The molecule has 1 unspecified atom stereocenters. The van der Waals surface area contributed by atoms with Crippen molar-refractivity contribution in [3.05, 3.63) is 51.8 Å². The molecule has 0 aliphatic heterocycles. The molecule has 2 aromatic rings. The zero-order chi connectivity index (χ0) is 17.9. The SMILES string of the molecule is CCN(CC(O)c1ccc(C)cc1)C(=O)c1c(C)nn(CC)c1Cl. The van der Waals surface area contributed by atoms with Gasteiger partial charge in [-0.05, 0) is 33.3 Å². The van der Waals surface area contributed by atoms with Gasteiger partial charge in [0.25, 0.3) is 5.91 Å². The van der Waals surface area contributed by atoms with Crippen LogP contribution in [-0.4, -0.2) is 38.8 Å². The Morgan fingerprint density at radius 2 is 1.92 bits per heavy atom. The first-order valence-corrected chi connectivity index (χ1v) is 8.53. The number of carbonyl (C=O) groups excluding carboxylic acids is 1. The molecule has 24 heavy (non-hydrogen) atoms. The van der Waals surface area contributed by atoms with E-state index in [0.717, 1.165) is 11.1 Å². The minimum Gasteiger partial charge on any atom is -0.387 e. The van der Waals surface area contributed by atoms with Gasteiger partial charge in [0.05, 0.1) is 23.9 Å². The van der Waals surface area contributed by atoms with E-state index in [4.69, 9.17) is 11.6 Å². The second-order valence-corrected chi connectivity index (χ2v) is 6.20. The lowest BCUT2D eigenvalue weighted by atomic mass is 10.1. The molecule has 0 fully saturated rings. The average Bonchev–Trinajstić information content (AvgIpc) is 2.86. The van der Waals surface area contributed by atoms with Gasteiger partial charge in [0.1, 0.15) is 5.15 Å². The molecule has 130 valence electrons. The third kappa shape index (κ3) is 3.79. The van der Waals surface area contributed by atoms with Gasteiger partial charge in [-0.1, -0.05) is 41.4 Å². The third-order valence-corrected chi connectivity index (χ3v) is 4.49. The Labute approximate surface area is 147 Å². The lowest BCUT2D eigenvalue weighted by molar-refractivity contribution is 0.0634. The van der Waals surface area contributed by atoms with E-state index < -0.39 is 6.10 Å². The molecule has 1 amide bonds. The molecular weight excluding hydrogens is 326 g/mol. The highest BCUT2D eigenvalue weighted by molar-refractivity contribution is 6.33. The van der Waals surface area contributed by atoms with Crippen molar-refractivity contribution in [2.75, 3.05) is 13.1 Å². The summed E-state index contributed by atoms with van der Waals surface area (Å²) in [6.07, 6.45) is -0.741. The van der Waals surface area contributed by atoms with Gasteiger partial charge in [0, 0.05) is 13.1 Å². The first kappa shape index (κ1) is 18.5. The summed E-state index contributed by atoms with van der Waals surface area (Å²) in [6, 6.07) is 7.66. The average molecular weight is 350 g/mol. The summed E-state index contributed by atoms with van der Waals surface area (Å²) in [5.41, 5.74) is 2.94. The second-order valence-electron chi connectivity index (χ2n) is 5.84. The number of nitrogens with zero attached hydrogens (tertiary/aromatic N) is 3. The van der Waals surface area contributed by atoms with E-state index in [0.29, 0.717) is 29.5 Å². The smallest absolute Gasteiger partial charge is 0.258 e. The summed E-state index contributed by atoms with van der Waals surface area (Å²) in [4.78, 5) is 14.4. The predicted octanol–water partition coefficient (Wildman–Crippen LogP) is 3.37. The Hall–Kier alpha value is -1.85. The predicted molar refractivity (Wildman–Crippen MR) is 95.4 cm³/mol. The normalized spacial score (nSPS) is 12.2. The molecule has 0 bridgehead atoms. The summed E-state index contributed by atoms with van der Waals surface area (Å²) in [5.74, 6) is -0.203. The summed E-state index contributed by atoms with van der Waals surface area (Å²) in [6.45, 7) is 8.87. The second kappa shape index (κ2) is 7.81. The number of hydrogen-bond donors (Lipinski definition) is 1. The lowest BCUT2D eigenvalue weighted by Gasteiger charge is -2.24. The molecule has 1 aromatic heterocycles. The Morgan fingerprint density at radius 3 is 2.42 bits per heavy atom. The lowest BCUT2D eigenvalue weighted by Crippen LogP contribution is -2.35. The number of benzene rings is 1. The number of aromatic nitrogens is 2. The number of aliphatic hydroxyl groups is 1. The van der Waals surface area contributed by atoms with Crippen molar-refractivity contribution in [1.82, 2.24) is 14.7 Å². The molecule has 1 aromatic carbocycles. The summed E-state index contributed by atoms with van der Waals surface area (Å²) < 4.78 is 1.61. The van der Waals surface area contributed by atoms with Gasteiger partial charge in [0.15, 0.2) is 0 Å². The van der Waals surface area contributed by atoms with Crippen LogP contribution in [0.15, 0.2) is 24.3 Å². The van der Waals surface area contributed by atoms with Crippen molar-refractivity contribution in [2.24, 2.45) is 0 Å². The van der Waals surface area contributed by atoms with Crippen molar-refractivity contribution in [3.63, 3.8) is 0 Å². The number of aryl methyl sites for hydroxylation is 3. The minimum absolute atomic E-state index is 0.203. The number of rotatable bonds is 6. The largest absolute Gasteiger partial charge is 0.387 e. The highest BCUT2D eigenvalue weighted by Crippen LogP contribution is 2.23. The molecule has 6 heteroatoms. The Kier molecular flexibility index (Phi) is 6.02. The molecule has 0 aliphatic carbocycles. The van der Waals surface area contributed by atoms with Crippen molar-refractivity contribution >= 4 is 17.5 Å². The number of likely N-dealkylation sites (N-methyl/N-ethyl adjacent to an activating group) is 1. The van der Waals surface area contributed by atoms with E-state index in [-0.39, 0.29) is 12.5 Å². The topological polar surface area (TPSA) is 58.4 Å². The summed E-state index contributed by atoms with van der Waals surface area (Å²) in [7, 11) is 0. The van der Waals surface area contributed by atoms with Crippen molar-refractivity contribution in [1.29, 1.82) is 0 Å². The van der Waals surface area contributed by atoms with Crippen LogP contribution in [-0.2, 0) is 6.54 Å². The molecule has 0 aliphatic rings. The van der Waals surface area contributed by atoms with Crippen LogP contribution in [0.4, 0.5) is 0 Å². The van der Waals surface area contributed by atoms with Gasteiger partial charge in [-0.2, -0.15) is 5.10 Å². The van der Waals surface area contributed by atoms with Gasteiger partial charge >= 0.3 is 0 Å². The first-order chi connectivity index (χ1) is 11.4. The van der Waals surface area contributed by atoms with Gasteiger partial charge < -0.3 is 10.0 Å². The molecule has 0 saturated heterocycles. The molecule has 5 nitrogen and oxygen atoms in total. The van der Waals surface area contributed by atoms with Crippen LogP contribution < -0.4 is 0 Å². The van der Waals surface area contributed by atoms with Crippen LogP contribution in [0.2, 0.25) is 5.15 Å². The van der Waals surface area contributed by atoms with Crippen LogP contribution in [0.25, 0.3) is 0 Å². The minimum atomic E-state index is -0.741. The maximum Gasteiger partial charge on any atom is 0.258 e. The number of carbonyl (C=O) groups is 1. The van der Waals surface area contributed by atoms with Gasteiger partial charge in [-0.25, -0.2) is 0 Å². The molecule has 2 rings (SSSR count). The number of amides is 1. The zero-order valence-electron chi connectivity index (χ0n) is 14.6. The van der Waals surface area contributed by atoms with Crippen LogP contribution in [0.3, 0.4) is 0 Å². The Bertz CT molecular complexity index is 710.